The maximum Gasteiger partial charge on any atom is 0.256 e. The van der Waals surface area contributed by atoms with Crippen LogP contribution in [0.1, 0.15) is 38.4 Å². The molecule has 5 rings (SSSR count). The third-order valence-corrected chi connectivity index (χ3v) is 6.26. The molecule has 4 heterocycles. The topological polar surface area (TPSA) is 102 Å². The predicted molar refractivity (Wildman–Crippen MR) is 124 cm³/mol. The molecule has 4 aromatic heterocycles. The number of hydrogen-bond donors (Lipinski definition) is 2. The van der Waals surface area contributed by atoms with Crippen molar-refractivity contribution in [3.05, 3.63) is 36.4 Å². The summed E-state index contributed by atoms with van der Waals surface area (Å²) in [5, 5.41) is 11.0. The van der Waals surface area contributed by atoms with E-state index in [1.165, 1.54) is 4.57 Å². The molecule has 0 aliphatic heterocycles. The Kier molecular flexibility index (Phi) is 5.84. The Hall–Kier alpha value is -3.63. The number of anilines is 1. The van der Waals surface area contributed by atoms with Crippen LogP contribution < -0.4 is 10.6 Å². The summed E-state index contributed by atoms with van der Waals surface area (Å²) >= 11 is 0. The molecule has 34 heavy (non-hydrogen) atoms. The van der Waals surface area contributed by atoms with Crippen molar-refractivity contribution in [2.75, 3.05) is 5.32 Å². The number of aromatic nitrogens is 6. The van der Waals surface area contributed by atoms with Crippen LogP contribution in [0.25, 0.3) is 27.9 Å². The highest BCUT2D eigenvalue weighted by atomic mass is 19.3. The van der Waals surface area contributed by atoms with Crippen molar-refractivity contribution in [1.29, 1.82) is 0 Å². The normalized spacial score (nSPS) is 18.6. The Morgan fingerprint density at radius 1 is 1.15 bits per heavy atom. The summed E-state index contributed by atoms with van der Waals surface area (Å²) in [6.07, 6.45) is 4.78. The van der Waals surface area contributed by atoms with Crippen LogP contribution >= 0.6 is 0 Å². The number of aryl methyl sites for hydroxylation is 1. The van der Waals surface area contributed by atoms with Crippen LogP contribution in [0, 0.1) is 6.92 Å². The summed E-state index contributed by atoms with van der Waals surface area (Å²) in [6.45, 7) is 2.80. The Labute approximate surface area is 194 Å². The zero-order valence-corrected chi connectivity index (χ0v) is 19.0. The number of hydrogen-bond acceptors (Lipinski definition) is 6. The van der Waals surface area contributed by atoms with Crippen LogP contribution in [0.15, 0.2) is 30.6 Å². The summed E-state index contributed by atoms with van der Waals surface area (Å²) in [5.41, 5.74) is 3.24. The quantitative estimate of drug-likeness (QED) is 0.449. The van der Waals surface area contributed by atoms with Crippen molar-refractivity contribution in [1.82, 2.24) is 34.4 Å². The number of rotatable bonds is 6. The van der Waals surface area contributed by atoms with E-state index in [9.17, 15) is 13.6 Å². The molecule has 2 N–H and O–H groups in total. The number of halogens is 2. The lowest BCUT2D eigenvalue weighted by molar-refractivity contribution is -0.119. The lowest BCUT2D eigenvalue weighted by atomic mass is 9.91. The number of nitrogens with one attached hydrogen (secondary N) is 2. The smallest absolute Gasteiger partial charge is 0.256 e. The zero-order valence-electron chi connectivity index (χ0n) is 19.0. The molecule has 178 valence electrons. The van der Waals surface area contributed by atoms with Gasteiger partial charge in [0.2, 0.25) is 11.9 Å². The second-order valence-corrected chi connectivity index (χ2v) is 8.73. The van der Waals surface area contributed by atoms with E-state index in [2.05, 4.69) is 30.7 Å². The molecular formula is C23H26F2N8O. The molecule has 1 aliphatic rings. The molecule has 0 spiro atoms. The van der Waals surface area contributed by atoms with E-state index in [0.29, 0.717) is 28.6 Å². The van der Waals surface area contributed by atoms with Crippen molar-refractivity contribution in [2.24, 2.45) is 0 Å². The molecule has 0 saturated heterocycles. The SMILES string of the molecule is CC(=O)N[C@H]1CC[C@H](Nc2ncc3c(-c4ccc5nc(C)n(CC(F)F)c5n4)ccn3n2)CC1. The van der Waals surface area contributed by atoms with Crippen molar-refractivity contribution in [3.63, 3.8) is 0 Å². The fourth-order valence-electron chi connectivity index (χ4n) is 4.66. The number of alkyl halides is 2. The molecule has 9 nitrogen and oxygen atoms in total. The van der Waals surface area contributed by atoms with Crippen LogP contribution in [-0.2, 0) is 11.3 Å². The third kappa shape index (κ3) is 4.42. The molecule has 0 radical (unpaired) electrons. The third-order valence-electron chi connectivity index (χ3n) is 6.26. The minimum atomic E-state index is -2.49. The van der Waals surface area contributed by atoms with Gasteiger partial charge < -0.3 is 15.2 Å². The van der Waals surface area contributed by atoms with Gasteiger partial charge in [-0.3, -0.25) is 4.79 Å². The first-order valence-electron chi connectivity index (χ1n) is 11.4. The largest absolute Gasteiger partial charge is 0.354 e. The number of fused-ring (bicyclic) bond motifs is 2. The van der Waals surface area contributed by atoms with Gasteiger partial charge in [-0.05, 0) is 50.8 Å². The van der Waals surface area contributed by atoms with Crippen LogP contribution in [0.5, 0.6) is 0 Å². The Balaban J connectivity index is 1.36. The summed E-state index contributed by atoms with van der Waals surface area (Å²) in [6, 6.07) is 6.00. The molecule has 1 aliphatic carbocycles. The van der Waals surface area contributed by atoms with Gasteiger partial charge >= 0.3 is 0 Å². The van der Waals surface area contributed by atoms with Gasteiger partial charge in [-0.15, -0.1) is 5.10 Å². The van der Waals surface area contributed by atoms with Crippen LogP contribution in [-0.4, -0.2) is 53.5 Å². The van der Waals surface area contributed by atoms with Gasteiger partial charge in [0.15, 0.2) is 5.65 Å². The summed E-state index contributed by atoms with van der Waals surface area (Å²) in [7, 11) is 0. The average molecular weight is 469 g/mol. The predicted octanol–water partition coefficient (Wildman–Crippen LogP) is 3.57. The van der Waals surface area contributed by atoms with Gasteiger partial charge in [-0.1, -0.05) is 0 Å². The number of carbonyl (C=O) groups excluding carboxylic acids is 1. The first kappa shape index (κ1) is 22.2. The maximum atomic E-state index is 13.0. The summed E-state index contributed by atoms with van der Waals surface area (Å²) < 4.78 is 29.3. The molecule has 0 aromatic carbocycles. The first-order valence-corrected chi connectivity index (χ1v) is 11.4. The summed E-state index contributed by atoms with van der Waals surface area (Å²) in [4.78, 5) is 24.7. The highest BCUT2D eigenvalue weighted by Gasteiger charge is 2.22. The fraction of sp³-hybridized carbons (Fsp3) is 0.435. The fourth-order valence-corrected chi connectivity index (χ4v) is 4.66. The van der Waals surface area contributed by atoms with Gasteiger partial charge in [-0.25, -0.2) is 28.2 Å². The van der Waals surface area contributed by atoms with Gasteiger partial charge in [0.05, 0.1) is 24.0 Å². The number of nitrogens with zero attached hydrogens (tertiary/aromatic N) is 6. The van der Waals surface area contributed by atoms with E-state index in [1.807, 2.05) is 18.3 Å². The summed E-state index contributed by atoms with van der Waals surface area (Å²) in [5.74, 6) is 1.05. The first-order chi connectivity index (χ1) is 16.4. The second-order valence-electron chi connectivity index (χ2n) is 8.73. The van der Waals surface area contributed by atoms with Gasteiger partial charge in [-0.2, -0.15) is 0 Å². The Morgan fingerprint density at radius 3 is 2.65 bits per heavy atom. The standard InChI is InChI=1S/C23H26F2N8O/c1-13-27-19-8-7-18(30-22(19)32(13)12-21(24)25)17-9-10-33-20(17)11-26-23(31-33)29-16-5-3-15(4-6-16)28-14(2)34/h7-11,15-16,21H,3-6,12H2,1-2H3,(H,28,34)(H,29,31)/t15-,16-. The van der Waals surface area contributed by atoms with Crippen LogP contribution in [0.2, 0.25) is 0 Å². The number of imidazole rings is 1. The second kappa shape index (κ2) is 8.96. The average Bonchev–Trinajstić information content (AvgIpc) is 3.34. The van der Waals surface area contributed by atoms with E-state index in [4.69, 9.17) is 0 Å². The molecule has 0 bridgehead atoms. The molecule has 0 atom stereocenters. The van der Waals surface area contributed by atoms with E-state index in [1.54, 1.807) is 30.6 Å². The lowest BCUT2D eigenvalue weighted by Crippen LogP contribution is -2.39. The van der Waals surface area contributed by atoms with Gasteiger partial charge in [0.25, 0.3) is 6.43 Å². The number of pyridine rings is 1. The highest BCUT2D eigenvalue weighted by molar-refractivity contribution is 5.82. The highest BCUT2D eigenvalue weighted by Crippen LogP contribution is 2.27. The van der Waals surface area contributed by atoms with Gasteiger partial charge in [0.1, 0.15) is 11.3 Å². The van der Waals surface area contributed by atoms with E-state index in [-0.39, 0.29) is 18.0 Å². The molecule has 4 aromatic rings. The van der Waals surface area contributed by atoms with Crippen molar-refractivity contribution in [3.8, 4) is 11.3 Å². The van der Waals surface area contributed by atoms with E-state index in [0.717, 1.165) is 36.8 Å². The van der Waals surface area contributed by atoms with E-state index >= 15 is 0 Å². The molecule has 1 saturated carbocycles. The van der Waals surface area contributed by atoms with Crippen molar-refractivity contribution >= 4 is 28.5 Å². The maximum absolute atomic E-state index is 13.0. The minimum Gasteiger partial charge on any atom is -0.354 e. The number of amides is 1. The molecular weight excluding hydrogens is 442 g/mol. The van der Waals surface area contributed by atoms with Gasteiger partial charge in [0, 0.05) is 30.8 Å². The van der Waals surface area contributed by atoms with Crippen molar-refractivity contribution < 1.29 is 13.6 Å². The molecule has 1 fully saturated rings. The van der Waals surface area contributed by atoms with Crippen LogP contribution in [0.4, 0.5) is 14.7 Å². The molecule has 1 amide bonds. The monoisotopic (exact) mass is 468 g/mol. The molecule has 0 unspecified atom stereocenters. The number of carbonyl (C=O) groups is 1. The van der Waals surface area contributed by atoms with Crippen LogP contribution in [0.3, 0.4) is 0 Å². The Bertz CT molecular complexity index is 1340. The minimum absolute atomic E-state index is 0.0101. The zero-order chi connectivity index (χ0) is 23.8. The van der Waals surface area contributed by atoms with E-state index < -0.39 is 13.0 Å². The van der Waals surface area contributed by atoms with Crippen molar-refractivity contribution in [2.45, 2.75) is 64.6 Å². The Morgan fingerprint density at radius 2 is 1.91 bits per heavy atom. The lowest BCUT2D eigenvalue weighted by Gasteiger charge is -2.29. The molecule has 11 heteroatoms.